The lowest BCUT2D eigenvalue weighted by atomic mass is 9.74. The number of carboxylic acid groups (broad SMARTS) is 1. The summed E-state index contributed by atoms with van der Waals surface area (Å²) < 4.78 is 0. The third-order valence-electron chi connectivity index (χ3n) is 4.39. The molecule has 18 heavy (non-hydrogen) atoms. The Labute approximate surface area is 108 Å². The van der Waals surface area contributed by atoms with E-state index in [1.807, 2.05) is 6.92 Å². The molecule has 1 aliphatic rings. The Balaban J connectivity index is 2.77. The molecule has 104 valence electrons. The Morgan fingerprint density at radius 1 is 1.28 bits per heavy atom. The molecule has 5 nitrogen and oxygen atoms in total. The number of rotatable bonds is 4. The molecular formula is C13H24N2O3. The van der Waals surface area contributed by atoms with Crippen LogP contribution in [0.15, 0.2) is 0 Å². The van der Waals surface area contributed by atoms with Gasteiger partial charge in [0.1, 0.15) is 0 Å². The molecular weight excluding hydrogens is 232 g/mol. The fourth-order valence-electron chi connectivity index (χ4n) is 2.04. The number of aliphatic carboxylic acids is 1. The van der Waals surface area contributed by atoms with Crippen molar-refractivity contribution in [2.24, 2.45) is 11.3 Å². The third-order valence-corrected chi connectivity index (χ3v) is 4.39. The van der Waals surface area contributed by atoms with Crippen LogP contribution in [-0.4, -0.2) is 35.1 Å². The van der Waals surface area contributed by atoms with Crippen molar-refractivity contribution in [1.82, 2.24) is 10.6 Å². The molecule has 2 atom stereocenters. The number of nitrogens with one attached hydrogen (secondary N) is 2. The van der Waals surface area contributed by atoms with E-state index in [0.29, 0.717) is 0 Å². The summed E-state index contributed by atoms with van der Waals surface area (Å²) in [6.07, 6.45) is 0.802. The van der Waals surface area contributed by atoms with E-state index in [2.05, 4.69) is 10.6 Å². The molecule has 1 aliphatic heterocycles. The van der Waals surface area contributed by atoms with Gasteiger partial charge in [-0.3, -0.25) is 9.59 Å². The molecule has 1 fully saturated rings. The van der Waals surface area contributed by atoms with Crippen LogP contribution in [0.4, 0.5) is 0 Å². The SMILES string of the molecule is CC1NCCC1C(=O)NC(C)(C)C(C)(C)C(=O)O. The molecule has 0 bridgehead atoms. The van der Waals surface area contributed by atoms with Crippen LogP contribution in [0.2, 0.25) is 0 Å². The van der Waals surface area contributed by atoms with Crippen LogP contribution in [0.1, 0.15) is 41.0 Å². The summed E-state index contributed by atoms with van der Waals surface area (Å²) in [7, 11) is 0. The summed E-state index contributed by atoms with van der Waals surface area (Å²) in [5.41, 5.74) is -1.81. The molecule has 0 radical (unpaired) electrons. The van der Waals surface area contributed by atoms with Gasteiger partial charge in [-0.2, -0.15) is 0 Å². The van der Waals surface area contributed by atoms with Gasteiger partial charge < -0.3 is 15.7 Å². The molecule has 1 rings (SSSR count). The summed E-state index contributed by atoms with van der Waals surface area (Å²) in [5, 5.41) is 15.4. The molecule has 0 aliphatic carbocycles. The standard InChI is InChI=1S/C13H24N2O3/c1-8-9(6-7-14-8)10(16)15-13(4,5)12(2,3)11(17)18/h8-9,14H,6-7H2,1-5H3,(H,15,16)(H,17,18). The molecule has 0 aromatic heterocycles. The molecule has 1 saturated heterocycles. The number of hydrogen-bond acceptors (Lipinski definition) is 3. The monoisotopic (exact) mass is 256 g/mol. The van der Waals surface area contributed by atoms with Crippen molar-refractivity contribution in [3.8, 4) is 0 Å². The van der Waals surface area contributed by atoms with Gasteiger partial charge in [-0.15, -0.1) is 0 Å². The van der Waals surface area contributed by atoms with Crippen LogP contribution in [0.25, 0.3) is 0 Å². The van der Waals surface area contributed by atoms with Crippen molar-refractivity contribution in [1.29, 1.82) is 0 Å². The zero-order chi connectivity index (χ0) is 14.1. The van der Waals surface area contributed by atoms with E-state index >= 15 is 0 Å². The molecule has 0 aromatic carbocycles. The highest BCUT2D eigenvalue weighted by Gasteiger charge is 2.45. The second kappa shape index (κ2) is 4.88. The van der Waals surface area contributed by atoms with Crippen molar-refractivity contribution in [2.75, 3.05) is 6.54 Å². The van der Waals surface area contributed by atoms with E-state index in [4.69, 9.17) is 0 Å². The summed E-state index contributed by atoms with van der Waals surface area (Å²) >= 11 is 0. The maximum atomic E-state index is 12.2. The van der Waals surface area contributed by atoms with E-state index in [9.17, 15) is 14.7 Å². The van der Waals surface area contributed by atoms with E-state index < -0.39 is 16.9 Å². The van der Waals surface area contributed by atoms with E-state index in [1.165, 1.54) is 0 Å². The summed E-state index contributed by atoms with van der Waals surface area (Å²) in [6.45, 7) is 9.59. The predicted octanol–water partition coefficient (Wildman–Crippen LogP) is 0.990. The van der Waals surface area contributed by atoms with E-state index in [0.717, 1.165) is 13.0 Å². The maximum Gasteiger partial charge on any atom is 0.311 e. The molecule has 2 unspecified atom stereocenters. The van der Waals surface area contributed by atoms with Crippen LogP contribution in [0, 0.1) is 11.3 Å². The lowest BCUT2D eigenvalue weighted by Crippen LogP contribution is -2.58. The molecule has 1 amide bonds. The fourth-order valence-corrected chi connectivity index (χ4v) is 2.04. The highest BCUT2D eigenvalue weighted by Crippen LogP contribution is 2.31. The minimum absolute atomic E-state index is 0.0631. The van der Waals surface area contributed by atoms with Crippen LogP contribution in [0.5, 0.6) is 0 Å². The summed E-state index contributed by atoms with van der Waals surface area (Å²) in [4.78, 5) is 23.5. The average Bonchev–Trinajstić information content (AvgIpc) is 2.63. The Kier molecular flexibility index (Phi) is 4.05. The number of carbonyl (C=O) groups is 2. The smallest absolute Gasteiger partial charge is 0.311 e. The molecule has 0 saturated carbocycles. The summed E-state index contributed by atoms with van der Waals surface area (Å²) in [5.74, 6) is -1.05. The highest BCUT2D eigenvalue weighted by atomic mass is 16.4. The number of carboxylic acids is 1. The first-order valence-electron chi connectivity index (χ1n) is 6.38. The van der Waals surface area contributed by atoms with Gasteiger partial charge in [0, 0.05) is 11.6 Å². The van der Waals surface area contributed by atoms with Gasteiger partial charge >= 0.3 is 5.97 Å². The zero-order valence-corrected chi connectivity index (χ0v) is 11.8. The van der Waals surface area contributed by atoms with Crippen LogP contribution in [0.3, 0.4) is 0 Å². The number of carbonyl (C=O) groups excluding carboxylic acids is 1. The van der Waals surface area contributed by atoms with Gasteiger partial charge in [0.2, 0.25) is 5.91 Å². The van der Waals surface area contributed by atoms with E-state index in [-0.39, 0.29) is 17.9 Å². The molecule has 1 heterocycles. The first kappa shape index (κ1) is 15.0. The van der Waals surface area contributed by atoms with Crippen molar-refractivity contribution >= 4 is 11.9 Å². The van der Waals surface area contributed by atoms with Crippen LogP contribution >= 0.6 is 0 Å². The maximum absolute atomic E-state index is 12.2. The Morgan fingerprint density at radius 3 is 2.22 bits per heavy atom. The van der Waals surface area contributed by atoms with Gasteiger partial charge in [0.05, 0.1) is 11.3 Å². The van der Waals surface area contributed by atoms with Gasteiger partial charge in [-0.25, -0.2) is 0 Å². The molecule has 0 spiro atoms. The van der Waals surface area contributed by atoms with Gasteiger partial charge in [-0.05, 0) is 47.6 Å². The lowest BCUT2D eigenvalue weighted by molar-refractivity contribution is -0.152. The first-order chi connectivity index (χ1) is 8.09. The minimum Gasteiger partial charge on any atom is -0.481 e. The minimum atomic E-state index is -1.02. The normalized spacial score (nSPS) is 24.9. The highest BCUT2D eigenvalue weighted by molar-refractivity contribution is 5.82. The largest absolute Gasteiger partial charge is 0.481 e. The zero-order valence-electron chi connectivity index (χ0n) is 11.8. The molecule has 0 aromatic rings. The van der Waals surface area contributed by atoms with Gasteiger partial charge in [0.15, 0.2) is 0 Å². The quantitative estimate of drug-likeness (QED) is 0.701. The summed E-state index contributed by atoms with van der Waals surface area (Å²) in [6, 6.07) is 0.147. The van der Waals surface area contributed by atoms with Crippen molar-refractivity contribution in [3.63, 3.8) is 0 Å². The van der Waals surface area contributed by atoms with Gasteiger partial charge in [-0.1, -0.05) is 0 Å². The second-order valence-corrected chi connectivity index (χ2v) is 6.18. The second-order valence-electron chi connectivity index (χ2n) is 6.18. The van der Waals surface area contributed by atoms with Crippen LogP contribution < -0.4 is 10.6 Å². The van der Waals surface area contributed by atoms with Crippen molar-refractivity contribution < 1.29 is 14.7 Å². The predicted molar refractivity (Wildman–Crippen MR) is 69.2 cm³/mol. The Bertz CT molecular complexity index is 350. The molecule has 3 N–H and O–H groups in total. The number of hydrogen-bond donors (Lipinski definition) is 3. The van der Waals surface area contributed by atoms with Gasteiger partial charge in [0.25, 0.3) is 0 Å². The Morgan fingerprint density at radius 2 is 1.83 bits per heavy atom. The lowest BCUT2D eigenvalue weighted by Gasteiger charge is -2.39. The average molecular weight is 256 g/mol. The fraction of sp³-hybridized carbons (Fsp3) is 0.846. The van der Waals surface area contributed by atoms with Crippen molar-refractivity contribution in [3.05, 3.63) is 0 Å². The van der Waals surface area contributed by atoms with Crippen molar-refractivity contribution in [2.45, 2.75) is 52.6 Å². The third kappa shape index (κ3) is 2.66. The molecule has 5 heteroatoms. The van der Waals surface area contributed by atoms with Crippen LogP contribution in [-0.2, 0) is 9.59 Å². The first-order valence-corrected chi connectivity index (χ1v) is 6.38. The number of amides is 1. The van der Waals surface area contributed by atoms with E-state index in [1.54, 1.807) is 27.7 Å². The Hall–Kier alpha value is -1.10. The topological polar surface area (TPSA) is 78.4 Å².